The van der Waals surface area contributed by atoms with Crippen molar-refractivity contribution in [2.24, 2.45) is 0 Å². The van der Waals surface area contributed by atoms with Crippen molar-refractivity contribution in [3.8, 4) is 0 Å². The summed E-state index contributed by atoms with van der Waals surface area (Å²) in [5, 5.41) is 0. The van der Waals surface area contributed by atoms with Gasteiger partial charge in [-0.2, -0.15) is 0 Å². The highest BCUT2D eigenvalue weighted by atomic mass is 127. The number of halogens is 1. The van der Waals surface area contributed by atoms with Gasteiger partial charge in [-0.05, 0) is 0 Å². The van der Waals surface area contributed by atoms with Crippen LogP contribution in [0, 0.1) is 0 Å². The predicted molar refractivity (Wildman–Crippen MR) is 122 cm³/mol. The van der Waals surface area contributed by atoms with E-state index in [9.17, 15) is 0 Å². The molecule has 0 saturated heterocycles. The van der Waals surface area contributed by atoms with E-state index in [-0.39, 0.29) is 0 Å². The molecule has 10 heteroatoms. The highest BCUT2D eigenvalue weighted by molar-refractivity contribution is 14.1. The first-order valence-corrected chi connectivity index (χ1v) is 11.8. The van der Waals surface area contributed by atoms with Crippen LogP contribution in [0.25, 0.3) is 0 Å². The third-order valence-electron chi connectivity index (χ3n) is 3.29. The molecule has 0 bridgehead atoms. The largest absolute Gasteiger partial charge is 0.499 e. The number of rotatable bonds is 27. The van der Waals surface area contributed by atoms with Crippen LogP contribution in [0.1, 0.15) is 0 Å². The Morgan fingerprint density at radius 2 is 0.633 bits per heavy atom. The van der Waals surface area contributed by atoms with Crippen molar-refractivity contribution >= 4 is 22.6 Å². The van der Waals surface area contributed by atoms with Crippen molar-refractivity contribution in [2.45, 2.75) is 0 Å². The zero-order chi connectivity index (χ0) is 21.8. The van der Waals surface area contributed by atoms with Crippen LogP contribution in [0.4, 0.5) is 0 Å². The summed E-state index contributed by atoms with van der Waals surface area (Å²) in [6, 6.07) is 0. The first-order chi connectivity index (χ1) is 14.9. The molecule has 0 unspecified atom stereocenters. The standard InChI is InChI=1S/C20H39IO9/c1-2-22-5-6-24-9-10-26-13-14-28-17-18-30-20-19-29-16-15-27-12-11-25-8-7-23-4-3-21/h2H,1,3-20H2. The lowest BCUT2D eigenvalue weighted by atomic mass is 10.6. The summed E-state index contributed by atoms with van der Waals surface area (Å²) in [5.41, 5.74) is 0. The van der Waals surface area contributed by atoms with Gasteiger partial charge in [-0.3, -0.25) is 0 Å². The normalized spacial score (nSPS) is 11.1. The van der Waals surface area contributed by atoms with Gasteiger partial charge in [0.15, 0.2) is 0 Å². The summed E-state index contributed by atoms with van der Waals surface area (Å²) >= 11 is 2.28. The Labute approximate surface area is 194 Å². The van der Waals surface area contributed by atoms with Crippen molar-refractivity contribution in [2.75, 3.05) is 117 Å². The smallest absolute Gasteiger partial charge is 0.111 e. The lowest BCUT2D eigenvalue weighted by molar-refractivity contribution is -0.0236. The molecule has 0 aliphatic carbocycles. The second-order valence-corrected chi connectivity index (χ2v) is 6.70. The van der Waals surface area contributed by atoms with E-state index in [0.717, 1.165) is 11.0 Å². The number of alkyl halides is 1. The second kappa shape index (κ2) is 28.9. The summed E-state index contributed by atoms with van der Waals surface area (Å²) in [5.74, 6) is 0. The lowest BCUT2D eigenvalue weighted by Crippen LogP contribution is -2.15. The van der Waals surface area contributed by atoms with Crippen LogP contribution in [-0.4, -0.2) is 117 Å². The number of hydrogen-bond acceptors (Lipinski definition) is 9. The molecule has 0 spiro atoms. The molecule has 0 radical (unpaired) electrons. The molecule has 0 rings (SSSR count). The molecule has 9 nitrogen and oxygen atoms in total. The Morgan fingerprint density at radius 1 is 0.400 bits per heavy atom. The zero-order valence-electron chi connectivity index (χ0n) is 18.1. The average molecular weight is 550 g/mol. The van der Waals surface area contributed by atoms with Crippen LogP contribution < -0.4 is 0 Å². The molecular weight excluding hydrogens is 511 g/mol. The minimum atomic E-state index is 0.510. The van der Waals surface area contributed by atoms with E-state index in [1.807, 2.05) is 0 Å². The molecular formula is C20H39IO9. The van der Waals surface area contributed by atoms with E-state index in [2.05, 4.69) is 29.2 Å². The Bertz CT molecular complexity index is 325. The van der Waals surface area contributed by atoms with Crippen LogP contribution in [0.3, 0.4) is 0 Å². The fourth-order valence-corrected chi connectivity index (χ4v) is 2.20. The molecule has 0 aromatic heterocycles. The second-order valence-electron chi connectivity index (χ2n) is 5.63. The third kappa shape index (κ3) is 27.9. The van der Waals surface area contributed by atoms with Crippen molar-refractivity contribution in [1.82, 2.24) is 0 Å². The van der Waals surface area contributed by atoms with Gasteiger partial charge in [0.2, 0.25) is 0 Å². The maximum absolute atomic E-state index is 5.42. The molecule has 0 aliphatic heterocycles. The van der Waals surface area contributed by atoms with Crippen LogP contribution in [-0.2, 0) is 42.6 Å². The van der Waals surface area contributed by atoms with Crippen molar-refractivity contribution in [3.63, 3.8) is 0 Å². The van der Waals surface area contributed by atoms with Crippen molar-refractivity contribution in [3.05, 3.63) is 12.8 Å². The average Bonchev–Trinajstić information content (AvgIpc) is 2.76. The van der Waals surface area contributed by atoms with E-state index in [1.54, 1.807) is 0 Å². The van der Waals surface area contributed by atoms with E-state index < -0.39 is 0 Å². The molecule has 0 saturated carbocycles. The minimum absolute atomic E-state index is 0.510. The van der Waals surface area contributed by atoms with E-state index in [0.29, 0.717) is 106 Å². The monoisotopic (exact) mass is 550 g/mol. The Hall–Kier alpha value is -0.0500. The van der Waals surface area contributed by atoms with Crippen LogP contribution in [0.5, 0.6) is 0 Å². The summed E-state index contributed by atoms with van der Waals surface area (Å²) in [6.07, 6.45) is 1.40. The molecule has 0 amide bonds. The highest BCUT2D eigenvalue weighted by Gasteiger charge is 1.95. The topological polar surface area (TPSA) is 83.1 Å². The Balaban J connectivity index is 2.98. The first-order valence-electron chi connectivity index (χ1n) is 10.3. The zero-order valence-corrected chi connectivity index (χ0v) is 20.2. The number of hydrogen-bond donors (Lipinski definition) is 0. The SMILES string of the molecule is C=COCCOCCOCCOCCOCCOCCOCCOCCOCCI. The van der Waals surface area contributed by atoms with Gasteiger partial charge in [-0.1, -0.05) is 29.2 Å². The maximum atomic E-state index is 5.42. The van der Waals surface area contributed by atoms with E-state index >= 15 is 0 Å². The fraction of sp³-hybridized carbons (Fsp3) is 0.900. The van der Waals surface area contributed by atoms with Gasteiger partial charge in [0.1, 0.15) is 6.61 Å². The van der Waals surface area contributed by atoms with Crippen LogP contribution in [0.2, 0.25) is 0 Å². The Kier molecular flexibility index (Phi) is 28.9. The van der Waals surface area contributed by atoms with Crippen molar-refractivity contribution < 1.29 is 42.6 Å². The molecule has 0 aliphatic rings. The lowest BCUT2D eigenvalue weighted by Gasteiger charge is -2.08. The van der Waals surface area contributed by atoms with Crippen molar-refractivity contribution in [1.29, 1.82) is 0 Å². The summed E-state index contributed by atoms with van der Waals surface area (Å²) in [6.45, 7) is 13.0. The highest BCUT2D eigenvalue weighted by Crippen LogP contribution is 1.86. The van der Waals surface area contributed by atoms with E-state index in [1.165, 1.54) is 6.26 Å². The molecule has 180 valence electrons. The van der Waals surface area contributed by atoms with Crippen LogP contribution in [0.15, 0.2) is 12.8 Å². The van der Waals surface area contributed by atoms with Gasteiger partial charge >= 0.3 is 0 Å². The Morgan fingerprint density at radius 3 is 0.867 bits per heavy atom. The van der Waals surface area contributed by atoms with Gasteiger partial charge < -0.3 is 42.6 Å². The minimum Gasteiger partial charge on any atom is -0.499 e. The molecule has 0 heterocycles. The van der Waals surface area contributed by atoms with Crippen LogP contribution >= 0.6 is 22.6 Å². The quantitative estimate of drug-likeness (QED) is 0.0657. The fourth-order valence-electron chi connectivity index (χ4n) is 1.89. The molecule has 0 aromatic carbocycles. The summed E-state index contributed by atoms with van der Waals surface area (Å²) in [7, 11) is 0. The summed E-state index contributed by atoms with van der Waals surface area (Å²) < 4.78 is 48.9. The summed E-state index contributed by atoms with van der Waals surface area (Å²) in [4.78, 5) is 0. The van der Waals surface area contributed by atoms with E-state index in [4.69, 9.17) is 42.6 Å². The van der Waals surface area contributed by atoms with Gasteiger partial charge in [-0.25, -0.2) is 0 Å². The molecule has 30 heavy (non-hydrogen) atoms. The van der Waals surface area contributed by atoms with Gasteiger partial charge in [0.05, 0.1) is 112 Å². The molecule has 0 atom stereocenters. The third-order valence-corrected chi connectivity index (χ3v) is 3.73. The maximum Gasteiger partial charge on any atom is 0.111 e. The van der Waals surface area contributed by atoms with Gasteiger partial charge in [0.25, 0.3) is 0 Å². The predicted octanol–water partition coefficient (Wildman–Crippen LogP) is 1.71. The molecule has 0 fully saturated rings. The molecule has 0 N–H and O–H groups in total. The van der Waals surface area contributed by atoms with Gasteiger partial charge in [-0.15, -0.1) is 0 Å². The first kappa shape index (κ1) is 29.9. The molecule has 0 aromatic rings. The number of ether oxygens (including phenoxy) is 9. The van der Waals surface area contributed by atoms with Gasteiger partial charge in [0, 0.05) is 4.43 Å².